The van der Waals surface area contributed by atoms with Crippen molar-refractivity contribution in [1.29, 1.82) is 0 Å². The van der Waals surface area contributed by atoms with Gasteiger partial charge in [-0.1, -0.05) is 11.2 Å². The Balaban J connectivity index is 1.83. The molecule has 1 aliphatic heterocycles. The van der Waals surface area contributed by atoms with Crippen LogP contribution in [0.2, 0.25) is 0 Å². The zero-order valence-electron chi connectivity index (χ0n) is 13.4. The molecule has 2 aromatic rings. The van der Waals surface area contributed by atoms with Crippen LogP contribution in [-0.2, 0) is 0 Å². The lowest BCUT2D eigenvalue weighted by Gasteiger charge is -2.38. The van der Waals surface area contributed by atoms with Gasteiger partial charge in [-0.3, -0.25) is 9.78 Å². The Morgan fingerprint density at radius 3 is 2.96 bits per heavy atom. The molecule has 1 aliphatic rings. The standard InChI is InChI=1S/C17H21N3O3/c1-17(2,22)12-6-5-9-20(11-12)16(21)13-10-19-23-15(13)14-7-3-4-8-18-14/h3-4,7-8,10,12,22H,5-6,9,11H2,1-2H3/t12-/m1/s1. The highest BCUT2D eigenvalue weighted by Gasteiger charge is 2.34. The molecule has 0 aromatic carbocycles. The summed E-state index contributed by atoms with van der Waals surface area (Å²) in [7, 11) is 0. The van der Waals surface area contributed by atoms with Gasteiger partial charge in [0.05, 0.1) is 11.8 Å². The molecule has 0 radical (unpaired) electrons. The second-order valence-corrected chi connectivity index (χ2v) is 6.53. The molecule has 122 valence electrons. The average Bonchev–Trinajstić information content (AvgIpc) is 3.04. The lowest BCUT2D eigenvalue weighted by atomic mass is 9.84. The summed E-state index contributed by atoms with van der Waals surface area (Å²) in [4.78, 5) is 18.8. The van der Waals surface area contributed by atoms with Crippen LogP contribution in [0.1, 0.15) is 37.0 Å². The minimum Gasteiger partial charge on any atom is -0.390 e. The summed E-state index contributed by atoms with van der Waals surface area (Å²) in [5.41, 5.74) is 0.210. The number of hydrogen-bond acceptors (Lipinski definition) is 5. The van der Waals surface area contributed by atoms with Crippen molar-refractivity contribution in [2.75, 3.05) is 13.1 Å². The highest BCUT2D eigenvalue weighted by molar-refractivity contribution is 5.98. The average molecular weight is 315 g/mol. The molecule has 0 unspecified atom stereocenters. The minimum atomic E-state index is -0.794. The van der Waals surface area contributed by atoms with Crippen LogP contribution in [0.3, 0.4) is 0 Å². The van der Waals surface area contributed by atoms with Crippen LogP contribution in [0.4, 0.5) is 0 Å². The number of likely N-dealkylation sites (tertiary alicyclic amines) is 1. The molecule has 6 nitrogen and oxygen atoms in total. The molecular weight excluding hydrogens is 294 g/mol. The van der Waals surface area contributed by atoms with Crippen LogP contribution < -0.4 is 0 Å². The Morgan fingerprint density at radius 2 is 2.26 bits per heavy atom. The smallest absolute Gasteiger partial charge is 0.259 e. The molecule has 1 N–H and O–H groups in total. The van der Waals surface area contributed by atoms with Gasteiger partial charge in [-0.2, -0.15) is 0 Å². The predicted octanol–water partition coefficient (Wildman–Crippen LogP) is 2.36. The summed E-state index contributed by atoms with van der Waals surface area (Å²) < 4.78 is 5.25. The SMILES string of the molecule is CC(C)(O)[C@@H]1CCCN(C(=O)c2cnoc2-c2ccccn2)C1. The third-order valence-electron chi connectivity index (χ3n) is 4.41. The van der Waals surface area contributed by atoms with E-state index in [9.17, 15) is 9.90 Å². The van der Waals surface area contributed by atoms with E-state index in [0.717, 1.165) is 12.8 Å². The quantitative estimate of drug-likeness (QED) is 0.940. The van der Waals surface area contributed by atoms with Gasteiger partial charge in [-0.25, -0.2) is 0 Å². The maximum Gasteiger partial charge on any atom is 0.259 e. The van der Waals surface area contributed by atoms with Crippen LogP contribution in [0.15, 0.2) is 35.1 Å². The van der Waals surface area contributed by atoms with E-state index < -0.39 is 5.60 Å². The van der Waals surface area contributed by atoms with E-state index in [1.807, 2.05) is 6.07 Å². The van der Waals surface area contributed by atoms with Crippen molar-refractivity contribution in [3.05, 3.63) is 36.2 Å². The van der Waals surface area contributed by atoms with Crippen LogP contribution >= 0.6 is 0 Å². The molecule has 0 spiro atoms. The third kappa shape index (κ3) is 3.27. The first-order valence-electron chi connectivity index (χ1n) is 7.84. The number of nitrogens with zero attached hydrogens (tertiary/aromatic N) is 3. The van der Waals surface area contributed by atoms with Gasteiger partial charge >= 0.3 is 0 Å². The Labute approximate surface area is 135 Å². The molecule has 0 aliphatic carbocycles. The number of aliphatic hydroxyl groups is 1. The molecule has 23 heavy (non-hydrogen) atoms. The Morgan fingerprint density at radius 1 is 1.43 bits per heavy atom. The molecule has 1 amide bonds. The second kappa shape index (κ2) is 6.12. The normalized spacial score (nSPS) is 18.9. The van der Waals surface area contributed by atoms with Crippen LogP contribution in [0.5, 0.6) is 0 Å². The summed E-state index contributed by atoms with van der Waals surface area (Å²) in [5, 5.41) is 14.0. The summed E-state index contributed by atoms with van der Waals surface area (Å²) in [6.07, 6.45) is 4.89. The molecule has 0 saturated carbocycles. The maximum atomic E-state index is 12.8. The van der Waals surface area contributed by atoms with Crippen molar-refractivity contribution in [3.63, 3.8) is 0 Å². The first-order chi connectivity index (χ1) is 11.0. The van der Waals surface area contributed by atoms with Gasteiger partial charge in [-0.15, -0.1) is 0 Å². The first kappa shape index (κ1) is 15.7. The zero-order valence-corrected chi connectivity index (χ0v) is 13.4. The highest BCUT2D eigenvalue weighted by Crippen LogP contribution is 2.29. The van der Waals surface area contributed by atoms with Gasteiger partial charge in [-0.05, 0) is 38.8 Å². The fourth-order valence-electron chi connectivity index (χ4n) is 2.98. The van der Waals surface area contributed by atoms with Crippen molar-refractivity contribution < 1.29 is 14.4 Å². The Bertz CT molecular complexity index is 676. The van der Waals surface area contributed by atoms with Crippen molar-refractivity contribution in [2.24, 2.45) is 5.92 Å². The first-order valence-corrected chi connectivity index (χ1v) is 7.84. The summed E-state index contributed by atoms with van der Waals surface area (Å²) in [6, 6.07) is 5.43. The maximum absolute atomic E-state index is 12.8. The van der Waals surface area contributed by atoms with E-state index in [-0.39, 0.29) is 11.8 Å². The van der Waals surface area contributed by atoms with Gasteiger partial charge in [0.15, 0.2) is 5.76 Å². The van der Waals surface area contributed by atoms with E-state index in [4.69, 9.17) is 4.52 Å². The van der Waals surface area contributed by atoms with Crippen LogP contribution in [0.25, 0.3) is 11.5 Å². The summed E-state index contributed by atoms with van der Waals surface area (Å²) in [5.74, 6) is 0.334. The topological polar surface area (TPSA) is 79.5 Å². The summed E-state index contributed by atoms with van der Waals surface area (Å²) >= 11 is 0. The number of carbonyl (C=O) groups excluding carboxylic acids is 1. The number of piperidine rings is 1. The van der Waals surface area contributed by atoms with E-state index in [1.54, 1.807) is 37.1 Å². The molecule has 0 bridgehead atoms. The number of carbonyl (C=O) groups is 1. The minimum absolute atomic E-state index is 0.0679. The van der Waals surface area contributed by atoms with Crippen molar-refractivity contribution in [3.8, 4) is 11.5 Å². The second-order valence-electron chi connectivity index (χ2n) is 6.53. The number of pyridine rings is 1. The lowest BCUT2D eigenvalue weighted by molar-refractivity contribution is -0.0146. The molecule has 2 aromatic heterocycles. The number of rotatable bonds is 3. The fourth-order valence-corrected chi connectivity index (χ4v) is 2.98. The van der Waals surface area contributed by atoms with Crippen molar-refractivity contribution >= 4 is 5.91 Å². The number of hydrogen-bond donors (Lipinski definition) is 1. The van der Waals surface area contributed by atoms with E-state index >= 15 is 0 Å². The largest absolute Gasteiger partial charge is 0.390 e. The molecule has 1 fully saturated rings. The number of aromatic nitrogens is 2. The van der Waals surface area contributed by atoms with Gasteiger partial charge in [0.2, 0.25) is 0 Å². The Kier molecular flexibility index (Phi) is 4.17. The Hall–Kier alpha value is -2.21. The van der Waals surface area contributed by atoms with Gasteiger partial charge in [0, 0.05) is 25.2 Å². The monoisotopic (exact) mass is 315 g/mol. The summed E-state index contributed by atoms with van der Waals surface area (Å²) in [6.45, 7) is 4.81. The van der Waals surface area contributed by atoms with E-state index in [1.165, 1.54) is 6.20 Å². The molecule has 3 heterocycles. The molecule has 3 rings (SSSR count). The molecular formula is C17H21N3O3. The zero-order chi connectivity index (χ0) is 16.4. The molecule has 1 saturated heterocycles. The van der Waals surface area contributed by atoms with E-state index in [0.29, 0.717) is 30.1 Å². The van der Waals surface area contributed by atoms with Crippen molar-refractivity contribution in [2.45, 2.75) is 32.3 Å². The van der Waals surface area contributed by atoms with Crippen LogP contribution in [-0.4, -0.2) is 44.7 Å². The van der Waals surface area contributed by atoms with Crippen molar-refractivity contribution in [1.82, 2.24) is 15.0 Å². The van der Waals surface area contributed by atoms with Crippen LogP contribution in [0, 0.1) is 5.92 Å². The fraction of sp³-hybridized carbons (Fsp3) is 0.471. The predicted molar refractivity (Wildman–Crippen MR) is 84.7 cm³/mol. The van der Waals surface area contributed by atoms with E-state index in [2.05, 4.69) is 10.1 Å². The number of amides is 1. The molecule has 1 atom stereocenters. The van der Waals surface area contributed by atoms with Gasteiger partial charge in [0.25, 0.3) is 5.91 Å². The lowest BCUT2D eigenvalue weighted by Crippen LogP contribution is -2.46. The molecule has 6 heteroatoms. The van der Waals surface area contributed by atoms with Gasteiger partial charge < -0.3 is 14.5 Å². The van der Waals surface area contributed by atoms with Gasteiger partial charge in [0.1, 0.15) is 11.3 Å². The highest BCUT2D eigenvalue weighted by atomic mass is 16.5. The third-order valence-corrected chi connectivity index (χ3v) is 4.41.